The summed E-state index contributed by atoms with van der Waals surface area (Å²) in [4.78, 5) is 12.2. The first-order valence-electron chi connectivity index (χ1n) is 7.53. The van der Waals surface area contributed by atoms with E-state index in [9.17, 15) is 18.0 Å². The van der Waals surface area contributed by atoms with Crippen LogP contribution in [0.2, 0.25) is 5.02 Å². The lowest BCUT2D eigenvalue weighted by Crippen LogP contribution is -2.10. The molecule has 136 valence electrons. The molecule has 0 aliphatic carbocycles. The van der Waals surface area contributed by atoms with Gasteiger partial charge < -0.3 is 14.6 Å². The molecule has 0 saturated carbocycles. The van der Waals surface area contributed by atoms with Gasteiger partial charge in [0.15, 0.2) is 5.69 Å². The molecule has 1 N–H and O–H groups in total. The standard InChI is InChI=1S/C18H14ClF3N2O2/c1-24-14-9-11(19)6-7-13(14)15(16(24)17(25)26-2)23-12-5-3-4-10(8-12)18(20,21)22/h3-9,23H,1-2H3. The zero-order valence-electron chi connectivity index (χ0n) is 13.8. The summed E-state index contributed by atoms with van der Waals surface area (Å²) in [6.45, 7) is 0. The minimum Gasteiger partial charge on any atom is -0.464 e. The first kappa shape index (κ1) is 18.1. The summed E-state index contributed by atoms with van der Waals surface area (Å²) in [6, 6.07) is 9.75. The van der Waals surface area contributed by atoms with Crippen molar-refractivity contribution in [2.75, 3.05) is 12.4 Å². The highest BCUT2D eigenvalue weighted by Gasteiger charge is 2.30. The van der Waals surface area contributed by atoms with Crippen molar-refractivity contribution in [3.8, 4) is 0 Å². The smallest absolute Gasteiger partial charge is 0.416 e. The van der Waals surface area contributed by atoms with E-state index in [1.807, 2.05) is 0 Å². The van der Waals surface area contributed by atoms with Crippen LogP contribution in [0, 0.1) is 0 Å². The Kier molecular flexibility index (Phi) is 4.58. The van der Waals surface area contributed by atoms with Gasteiger partial charge in [0.05, 0.1) is 23.9 Å². The van der Waals surface area contributed by atoms with E-state index in [-0.39, 0.29) is 11.4 Å². The predicted molar refractivity (Wildman–Crippen MR) is 94.0 cm³/mol. The topological polar surface area (TPSA) is 43.3 Å². The van der Waals surface area contributed by atoms with Crippen LogP contribution >= 0.6 is 11.6 Å². The number of hydrogen-bond acceptors (Lipinski definition) is 3. The van der Waals surface area contributed by atoms with Gasteiger partial charge in [0.1, 0.15) is 0 Å². The van der Waals surface area contributed by atoms with Gasteiger partial charge in [-0.25, -0.2) is 4.79 Å². The van der Waals surface area contributed by atoms with Crippen LogP contribution in [0.5, 0.6) is 0 Å². The molecule has 0 fully saturated rings. The Morgan fingerprint density at radius 3 is 2.58 bits per heavy atom. The second kappa shape index (κ2) is 6.57. The highest BCUT2D eigenvalue weighted by Crippen LogP contribution is 2.36. The van der Waals surface area contributed by atoms with Crippen LogP contribution in [0.4, 0.5) is 24.5 Å². The molecular formula is C18H14ClF3N2O2. The van der Waals surface area contributed by atoms with Gasteiger partial charge in [-0.2, -0.15) is 13.2 Å². The number of carbonyl (C=O) groups excluding carboxylic acids is 1. The first-order chi connectivity index (χ1) is 12.2. The number of esters is 1. The monoisotopic (exact) mass is 382 g/mol. The Bertz CT molecular complexity index is 996. The SMILES string of the molecule is COC(=O)c1c(Nc2cccc(C(F)(F)F)c2)c2ccc(Cl)cc2n1C. The Balaban J connectivity index is 2.17. The maximum absolute atomic E-state index is 12.9. The van der Waals surface area contributed by atoms with Crippen LogP contribution < -0.4 is 5.32 Å². The van der Waals surface area contributed by atoms with E-state index >= 15 is 0 Å². The summed E-state index contributed by atoms with van der Waals surface area (Å²) in [6.07, 6.45) is -4.46. The lowest BCUT2D eigenvalue weighted by molar-refractivity contribution is -0.137. The fourth-order valence-corrected chi connectivity index (χ4v) is 2.96. The van der Waals surface area contributed by atoms with E-state index in [4.69, 9.17) is 16.3 Å². The molecule has 0 atom stereocenters. The van der Waals surface area contributed by atoms with Gasteiger partial charge in [0, 0.05) is 23.1 Å². The van der Waals surface area contributed by atoms with E-state index in [1.165, 1.54) is 19.2 Å². The van der Waals surface area contributed by atoms with Crippen molar-refractivity contribution in [3.05, 3.63) is 58.7 Å². The summed E-state index contributed by atoms with van der Waals surface area (Å²) < 4.78 is 45.3. The third kappa shape index (κ3) is 3.22. The molecule has 0 aliphatic heterocycles. The van der Waals surface area contributed by atoms with Gasteiger partial charge in [-0.15, -0.1) is 0 Å². The van der Waals surface area contributed by atoms with Crippen LogP contribution in [0.15, 0.2) is 42.5 Å². The van der Waals surface area contributed by atoms with Crippen LogP contribution in [-0.2, 0) is 18.0 Å². The third-order valence-corrected chi connectivity index (χ3v) is 4.24. The molecule has 26 heavy (non-hydrogen) atoms. The van der Waals surface area contributed by atoms with E-state index < -0.39 is 17.7 Å². The number of aryl methyl sites for hydroxylation is 1. The van der Waals surface area contributed by atoms with Crippen LogP contribution in [0.1, 0.15) is 16.1 Å². The Morgan fingerprint density at radius 2 is 1.92 bits per heavy atom. The van der Waals surface area contributed by atoms with Crippen LogP contribution in [0.25, 0.3) is 10.9 Å². The van der Waals surface area contributed by atoms with Crippen molar-refractivity contribution in [1.82, 2.24) is 4.57 Å². The Morgan fingerprint density at radius 1 is 1.19 bits per heavy atom. The molecule has 0 spiro atoms. The quantitative estimate of drug-likeness (QED) is 0.618. The molecule has 0 saturated heterocycles. The lowest BCUT2D eigenvalue weighted by atomic mass is 10.1. The molecule has 1 heterocycles. The number of rotatable bonds is 3. The summed E-state index contributed by atoms with van der Waals surface area (Å²) in [5.41, 5.74) is 0.595. The van der Waals surface area contributed by atoms with Crippen molar-refractivity contribution in [3.63, 3.8) is 0 Å². The van der Waals surface area contributed by atoms with Gasteiger partial charge in [-0.05, 0) is 36.4 Å². The molecule has 0 aliphatic rings. The number of fused-ring (bicyclic) bond motifs is 1. The third-order valence-electron chi connectivity index (χ3n) is 4.00. The number of methoxy groups -OCH3 is 1. The minimum absolute atomic E-state index is 0.183. The van der Waals surface area contributed by atoms with Crippen LogP contribution in [0.3, 0.4) is 0 Å². The lowest BCUT2D eigenvalue weighted by Gasteiger charge is -2.12. The average molecular weight is 383 g/mol. The van der Waals surface area contributed by atoms with E-state index in [0.29, 0.717) is 21.6 Å². The number of nitrogens with zero attached hydrogens (tertiary/aromatic N) is 1. The fraction of sp³-hybridized carbons (Fsp3) is 0.167. The highest BCUT2D eigenvalue weighted by atomic mass is 35.5. The summed E-state index contributed by atoms with van der Waals surface area (Å²) in [7, 11) is 2.89. The molecule has 0 amide bonds. The summed E-state index contributed by atoms with van der Waals surface area (Å²) >= 11 is 6.02. The minimum atomic E-state index is -4.46. The van der Waals surface area contributed by atoms with Crippen molar-refractivity contribution >= 4 is 39.8 Å². The van der Waals surface area contributed by atoms with E-state index in [1.54, 1.807) is 29.8 Å². The Labute approximate surface area is 152 Å². The molecule has 3 aromatic rings. The molecule has 0 radical (unpaired) electrons. The van der Waals surface area contributed by atoms with Gasteiger partial charge in [0.25, 0.3) is 0 Å². The molecule has 0 unspecified atom stereocenters. The number of halogens is 4. The number of benzene rings is 2. The van der Waals surface area contributed by atoms with Crippen molar-refractivity contribution < 1.29 is 22.7 Å². The molecular weight excluding hydrogens is 369 g/mol. The number of hydrogen-bond donors (Lipinski definition) is 1. The summed E-state index contributed by atoms with van der Waals surface area (Å²) in [5, 5.41) is 4.03. The number of nitrogens with one attached hydrogen (secondary N) is 1. The zero-order chi connectivity index (χ0) is 19.1. The van der Waals surface area contributed by atoms with Gasteiger partial charge in [-0.3, -0.25) is 0 Å². The normalized spacial score (nSPS) is 11.6. The van der Waals surface area contributed by atoms with Gasteiger partial charge >= 0.3 is 12.1 Å². The Hall–Kier alpha value is -2.67. The average Bonchev–Trinajstić information content (AvgIpc) is 2.85. The number of alkyl halides is 3. The second-order valence-corrected chi connectivity index (χ2v) is 6.08. The fourth-order valence-electron chi connectivity index (χ4n) is 2.79. The van der Waals surface area contributed by atoms with E-state index in [2.05, 4.69) is 5.32 Å². The zero-order valence-corrected chi connectivity index (χ0v) is 14.6. The molecule has 0 bridgehead atoms. The highest BCUT2D eigenvalue weighted by molar-refractivity contribution is 6.31. The number of aromatic nitrogens is 1. The number of anilines is 2. The van der Waals surface area contributed by atoms with Crippen molar-refractivity contribution in [1.29, 1.82) is 0 Å². The maximum Gasteiger partial charge on any atom is 0.416 e. The maximum atomic E-state index is 12.9. The summed E-state index contributed by atoms with van der Waals surface area (Å²) in [5.74, 6) is -0.616. The molecule has 4 nitrogen and oxygen atoms in total. The number of carbonyl (C=O) groups is 1. The molecule has 2 aromatic carbocycles. The predicted octanol–water partition coefficient (Wildman–Crippen LogP) is 5.38. The largest absolute Gasteiger partial charge is 0.464 e. The molecule has 8 heteroatoms. The molecule has 3 rings (SSSR count). The van der Waals surface area contributed by atoms with Crippen LogP contribution in [-0.4, -0.2) is 17.6 Å². The first-order valence-corrected chi connectivity index (χ1v) is 7.90. The number of ether oxygens (including phenoxy) is 1. The molecule has 1 aromatic heterocycles. The van der Waals surface area contributed by atoms with E-state index in [0.717, 1.165) is 12.1 Å². The van der Waals surface area contributed by atoms with Crippen molar-refractivity contribution in [2.45, 2.75) is 6.18 Å². The van der Waals surface area contributed by atoms with Crippen molar-refractivity contribution in [2.24, 2.45) is 7.05 Å². The second-order valence-electron chi connectivity index (χ2n) is 5.64. The van der Waals surface area contributed by atoms with Gasteiger partial charge in [-0.1, -0.05) is 17.7 Å². The van der Waals surface area contributed by atoms with Gasteiger partial charge in [0.2, 0.25) is 0 Å².